The summed E-state index contributed by atoms with van der Waals surface area (Å²) >= 11 is 0. The van der Waals surface area contributed by atoms with E-state index in [1.165, 1.54) is 5.19 Å². The Kier molecular flexibility index (Phi) is 9.49. The van der Waals surface area contributed by atoms with Crippen molar-refractivity contribution < 1.29 is 24.2 Å². The smallest absolute Gasteiger partial charge is 0.264 e. The zero-order chi connectivity index (χ0) is 37.6. The fraction of sp³-hybridized carbons (Fsp3) is 0.349. The molecule has 0 radical (unpaired) electrons. The molecule has 10 nitrogen and oxygen atoms in total. The van der Waals surface area contributed by atoms with Crippen LogP contribution in [-0.2, 0) is 45.9 Å². The standard InChI is InChI=1S/C43H47N5O5Si/c1-29-41(54(3,4)35-19-17-34(52-2)18-20-35)39(22-24-46-28-32(23-25-49)44-45-46)53-43(29)36-13-6-8-15-38(36)47(42(43)51)27-30-10-9-12-33(26-30)48-37-14-7-5-11-31(37)16-21-40(48)50/h5-15,17-20,26,28-29,39,41,49H,16,21-25,27H2,1-4H3/t29-,39+,41-,43+/m1/s1. The number of aryl methyl sites for hydroxylation is 2. The predicted octanol–water partition coefficient (Wildman–Crippen LogP) is 6.29. The Labute approximate surface area is 317 Å². The Bertz CT molecular complexity index is 2190. The van der Waals surface area contributed by atoms with Crippen molar-refractivity contribution in [2.45, 2.75) is 76.0 Å². The Morgan fingerprint density at radius 1 is 0.944 bits per heavy atom. The highest BCUT2D eigenvalue weighted by molar-refractivity contribution is 6.91. The molecule has 8 rings (SSSR count). The summed E-state index contributed by atoms with van der Waals surface area (Å²) in [7, 11) is -0.646. The number of para-hydroxylation sites is 2. The Balaban J connectivity index is 1.15. The van der Waals surface area contributed by atoms with Gasteiger partial charge in [-0.1, -0.05) is 91.1 Å². The number of rotatable bonds is 11. The van der Waals surface area contributed by atoms with Crippen LogP contribution in [0.3, 0.4) is 0 Å². The van der Waals surface area contributed by atoms with Gasteiger partial charge in [-0.2, -0.15) is 0 Å². The molecule has 1 spiro atoms. The third-order valence-corrected chi connectivity index (χ3v) is 16.3. The first kappa shape index (κ1) is 35.9. The summed E-state index contributed by atoms with van der Waals surface area (Å²) in [6.45, 7) is 7.90. The van der Waals surface area contributed by atoms with Crippen LogP contribution >= 0.6 is 0 Å². The van der Waals surface area contributed by atoms with E-state index in [4.69, 9.17) is 9.47 Å². The summed E-state index contributed by atoms with van der Waals surface area (Å²) in [6, 6.07) is 32.5. The Morgan fingerprint density at radius 2 is 1.70 bits per heavy atom. The quantitative estimate of drug-likeness (QED) is 0.159. The third kappa shape index (κ3) is 6.04. The van der Waals surface area contributed by atoms with Crippen molar-refractivity contribution in [3.8, 4) is 5.75 Å². The van der Waals surface area contributed by atoms with Crippen LogP contribution in [0.1, 0.15) is 42.1 Å². The number of hydrogen-bond donors (Lipinski definition) is 1. The highest BCUT2D eigenvalue weighted by atomic mass is 28.3. The average molecular weight is 742 g/mol. The van der Waals surface area contributed by atoms with Gasteiger partial charge in [-0.15, -0.1) is 5.10 Å². The normalized spacial score (nSPS) is 22.2. The van der Waals surface area contributed by atoms with E-state index >= 15 is 4.79 Å². The first-order valence-corrected chi connectivity index (χ1v) is 22.0. The largest absolute Gasteiger partial charge is 0.497 e. The van der Waals surface area contributed by atoms with Crippen molar-refractivity contribution >= 4 is 42.1 Å². The van der Waals surface area contributed by atoms with Crippen molar-refractivity contribution in [2.24, 2.45) is 5.92 Å². The fourth-order valence-corrected chi connectivity index (χ4v) is 13.4. The lowest BCUT2D eigenvalue weighted by molar-refractivity contribution is -0.146. The van der Waals surface area contributed by atoms with E-state index in [-0.39, 0.29) is 36.0 Å². The van der Waals surface area contributed by atoms with Crippen LogP contribution in [0.2, 0.25) is 18.6 Å². The molecule has 0 unspecified atom stereocenters. The minimum absolute atomic E-state index is 0.0147. The van der Waals surface area contributed by atoms with Gasteiger partial charge in [-0.05, 0) is 65.9 Å². The molecule has 1 saturated heterocycles. The maximum Gasteiger partial charge on any atom is 0.264 e. The number of anilines is 3. The van der Waals surface area contributed by atoms with E-state index < -0.39 is 13.7 Å². The van der Waals surface area contributed by atoms with E-state index in [2.05, 4.69) is 54.6 Å². The monoisotopic (exact) mass is 741 g/mol. The van der Waals surface area contributed by atoms with Crippen LogP contribution in [0.4, 0.5) is 17.1 Å². The number of amides is 2. The number of nitrogens with zero attached hydrogens (tertiary/aromatic N) is 5. The fourth-order valence-electron chi connectivity index (χ4n) is 9.32. The number of aliphatic hydroxyl groups excluding tert-OH is 1. The lowest BCUT2D eigenvalue weighted by atomic mass is 9.82. The van der Waals surface area contributed by atoms with Crippen LogP contribution in [0.15, 0.2) is 103 Å². The first-order valence-electron chi connectivity index (χ1n) is 18.9. The second-order valence-electron chi connectivity index (χ2n) is 15.3. The molecular formula is C43H47N5O5Si. The second kappa shape index (κ2) is 14.3. The molecule has 4 aromatic carbocycles. The molecule has 1 aromatic heterocycles. The zero-order valence-electron chi connectivity index (χ0n) is 31.3. The molecular weight excluding hydrogens is 695 g/mol. The molecule has 2 amide bonds. The number of aliphatic hydroxyl groups is 1. The van der Waals surface area contributed by atoms with Gasteiger partial charge in [0, 0.05) is 49.4 Å². The number of carbonyl (C=O) groups is 2. The van der Waals surface area contributed by atoms with Gasteiger partial charge >= 0.3 is 0 Å². The number of carbonyl (C=O) groups excluding carboxylic acids is 2. The minimum atomic E-state index is -2.32. The van der Waals surface area contributed by atoms with Crippen molar-refractivity contribution in [3.05, 3.63) is 126 Å². The number of methoxy groups -OCH3 is 1. The molecule has 0 saturated carbocycles. The summed E-state index contributed by atoms with van der Waals surface area (Å²) in [5, 5.41) is 19.3. The van der Waals surface area contributed by atoms with Crippen molar-refractivity contribution in [1.82, 2.24) is 15.0 Å². The van der Waals surface area contributed by atoms with E-state index in [9.17, 15) is 9.90 Å². The number of hydrogen-bond acceptors (Lipinski definition) is 7. The van der Waals surface area contributed by atoms with E-state index in [1.807, 2.05) is 93.5 Å². The lowest BCUT2D eigenvalue weighted by Gasteiger charge is -2.37. The molecule has 0 bridgehead atoms. The molecule has 5 aromatic rings. The van der Waals surface area contributed by atoms with Gasteiger partial charge in [0.25, 0.3) is 5.91 Å². The van der Waals surface area contributed by atoms with Crippen LogP contribution in [0, 0.1) is 5.92 Å². The molecule has 11 heteroatoms. The summed E-state index contributed by atoms with van der Waals surface area (Å²) in [5.74, 6) is 0.681. The number of fused-ring (bicyclic) bond motifs is 3. The van der Waals surface area contributed by atoms with Crippen molar-refractivity contribution in [2.75, 3.05) is 23.5 Å². The lowest BCUT2D eigenvalue weighted by Crippen LogP contribution is -2.51. The van der Waals surface area contributed by atoms with Gasteiger partial charge in [0.1, 0.15) is 5.75 Å². The molecule has 3 aliphatic heterocycles. The maximum atomic E-state index is 15.3. The van der Waals surface area contributed by atoms with Gasteiger partial charge in [-0.25, -0.2) is 0 Å². The molecule has 1 fully saturated rings. The van der Waals surface area contributed by atoms with Crippen LogP contribution < -0.4 is 19.7 Å². The molecule has 1 N–H and O–H groups in total. The second-order valence-corrected chi connectivity index (χ2v) is 20.0. The minimum Gasteiger partial charge on any atom is -0.497 e. The highest BCUT2D eigenvalue weighted by Crippen LogP contribution is 2.60. The average Bonchev–Trinajstić information content (AvgIpc) is 3.84. The van der Waals surface area contributed by atoms with Gasteiger partial charge in [0.2, 0.25) is 5.91 Å². The SMILES string of the molecule is COc1ccc([Si](C)(C)[C@H]2[C@H](CCn3cc(CCO)nn3)O[C@@]3(C(=O)N(Cc4cccc(N5C(=O)CCc6ccccc65)c4)c4ccccc43)[C@@H]2C)cc1. The summed E-state index contributed by atoms with van der Waals surface area (Å²) in [4.78, 5) is 32.3. The molecule has 278 valence electrons. The molecule has 4 heterocycles. The van der Waals surface area contributed by atoms with Crippen LogP contribution in [0.5, 0.6) is 5.75 Å². The highest BCUT2D eigenvalue weighted by Gasteiger charge is 2.66. The van der Waals surface area contributed by atoms with Gasteiger partial charge in [-0.3, -0.25) is 19.2 Å². The van der Waals surface area contributed by atoms with Gasteiger partial charge in [0.05, 0.1) is 44.9 Å². The van der Waals surface area contributed by atoms with Crippen molar-refractivity contribution in [3.63, 3.8) is 0 Å². The molecule has 0 aliphatic carbocycles. The third-order valence-electron chi connectivity index (χ3n) is 11.9. The Hall–Kier alpha value is -5.10. The first-order chi connectivity index (χ1) is 26.1. The van der Waals surface area contributed by atoms with E-state index in [0.717, 1.165) is 51.6 Å². The molecule has 3 aliphatic rings. The van der Waals surface area contributed by atoms with E-state index in [0.29, 0.717) is 32.4 Å². The van der Waals surface area contributed by atoms with Gasteiger partial charge in [0.15, 0.2) is 5.60 Å². The maximum absolute atomic E-state index is 15.3. The predicted molar refractivity (Wildman–Crippen MR) is 211 cm³/mol. The Morgan fingerprint density at radius 3 is 2.48 bits per heavy atom. The summed E-state index contributed by atoms with van der Waals surface area (Å²) < 4.78 is 14.6. The van der Waals surface area contributed by atoms with Gasteiger partial charge < -0.3 is 19.5 Å². The topological polar surface area (TPSA) is 110 Å². The van der Waals surface area contributed by atoms with Crippen molar-refractivity contribution in [1.29, 1.82) is 0 Å². The zero-order valence-corrected chi connectivity index (χ0v) is 32.3. The summed E-state index contributed by atoms with van der Waals surface area (Å²) in [6.07, 6.45) is 3.93. The number of aromatic nitrogens is 3. The number of benzene rings is 4. The van der Waals surface area contributed by atoms with E-state index in [1.54, 1.807) is 7.11 Å². The number of ether oxygens (including phenoxy) is 2. The summed E-state index contributed by atoms with van der Waals surface area (Å²) in [5.41, 5.74) is 5.20. The van der Waals surface area contributed by atoms with Crippen LogP contribution in [-0.4, -0.2) is 59.8 Å². The molecule has 54 heavy (non-hydrogen) atoms. The molecule has 4 atom stereocenters. The van der Waals surface area contributed by atoms with Crippen LogP contribution in [0.25, 0.3) is 0 Å².